The van der Waals surface area contributed by atoms with Crippen LogP contribution in [0.25, 0.3) is 11.3 Å². The third-order valence-corrected chi connectivity index (χ3v) is 7.82. The van der Waals surface area contributed by atoms with E-state index in [9.17, 15) is 9.90 Å². The van der Waals surface area contributed by atoms with Gasteiger partial charge < -0.3 is 15.6 Å². The molecule has 38 heavy (non-hydrogen) atoms. The van der Waals surface area contributed by atoms with E-state index < -0.39 is 5.91 Å². The van der Waals surface area contributed by atoms with Gasteiger partial charge in [-0.25, -0.2) is 0 Å². The van der Waals surface area contributed by atoms with Gasteiger partial charge in [0.15, 0.2) is 0 Å². The first-order valence-corrected chi connectivity index (χ1v) is 13.7. The number of nitrogens with zero attached hydrogens (tertiary/aromatic N) is 2. The Kier molecular flexibility index (Phi) is 8.12. The zero-order chi connectivity index (χ0) is 27.6. The molecule has 0 bridgehead atoms. The second-order valence-corrected chi connectivity index (χ2v) is 11.2. The zero-order valence-corrected chi connectivity index (χ0v) is 23.6. The zero-order valence-electron chi connectivity index (χ0n) is 23.6. The molecule has 1 aromatic heterocycles. The molecule has 1 atom stereocenters. The van der Waals surface area contributed by atoms with Gasteiger partial charge in [0.1, 0.15) is 17.2 Å². The molecular formula is C32H41N3O3. The Balaban J connectivity index is 1.86. The summed E-state index contributed by atoms with van der Waals surface area (Å²) in [6, 6.07) is 13.2. The van der Waals surface area contributed by atoms with E-state index >= 15 is 0 Å². The average molecular weight is 516 g/mol. The summed E-state index contributed by atoms with van der Waals surface area (Å²) in [5, 5.41) is 10.4. The molecule has 3 aromatic rings. The highest BCUT2D eigenvalue weighted by molar-refractivity contribution is 5.95. The lowest BCUT2D eigenvalue weighted by atomic mass is 9.83. The molecule has 2 heterocycles. The standard InChI is InChI=1S/C32H41N3O3/c1-7-22-11-9-12-23(8-2)30(22)26-18-28(38-24-13-14-25(31(33)37)27(36)17-24)29(20(3)34-26)21(4)35-16-10-15-32(5,6)19-35/h9,11-14,17-18,21,36H,7-8,10,15-16,19H2,1-6H3,(H2,33,37). The molecule has 1 saturated heterocycles. The van der Waals surface area contributed by atoms with Crippen molar-refractivity contribution in [1.29, 1.82) is 0 Å². The number of carbonyl (C=O) groups is 1. The van der Waals surface area contributed by atoms with Crippen LogP contribution in [0.5, 0.6) is 17.2 Å². The van der Waals surface area contributed by atoms with Crippen LogP contribution in [0.3, 0.4) is 0 Å². The van der Waals surface area contributed by atoms with Crippen LogP contribution in [-0.2, 0) is 12.8 Å². The Labute approximate surface area is 226 Å². The molecular weight excluding hydrogens is 474 g/mol. The van der Waals surface area contributed by atoms with Crippen molar-refractivity contribution < 1.29 is 14.6 Å². The fourth-order valence-corrected chi connectivity index (χ4v) is 5.84. The summed E-state index contributed by atoms with van der Waals surface area (Å²) >= 11 is 0. The molecule has 0 saturated carbocycles. The summed E-state index contributed by atoms with van der Waals surface area (Å²) < 4.78 is 6.50. The highest BCUT2D eigenvalue weighted by Gasteiger charge is 2.32. The average Bonchev–Trinajstić information content (AvgIpc) is 2.86. The number of hydrogen-bond donors (Lipinski definition) is 2. The lowest BCUT2D eigenvalue weighted by Crippen LogP contribution is -2.41. The molecule has 1 aliphatic heterocycles. The molecule has 1 aliphatic rings. The van der Waals surface area contributed by atoms with E-state index in [0.717, 1.165) is 54.9 Å². The number of aromatic nitrogens is 1. The van der Waals surface area contributed by atoms with E-state index in [0.29, 0.717) is 11.5 Å². The number of primary amides is 1. The number of piperidine rings is 1. The lowest BCUT2D eigenvalue weighted by Gasteiger charge is -2.42. The van der Waals surface area contributed by atoms with Gasteiger partial charge in [0.05, 0.1) is 11.3 Å². The Morgan fingerprint density at radius 1 is 1.16 bits per heavy atom. The van der Waals surface area contributed by atoms with Crippen LogP contribution in [0.15, 0.2) is 42.5 Å². The number of aromatic hydroxyl groups is 1. The maximum absolute atomic E-state index is 11.6. The van der Waals surface area contributed by atoms with Crippen molar-refractivity contribution in [2.45, 2.75) is 73.3 Å². The fraction of sp³-hybridized carbons (Fsp3) is 0.438. The molecule has 3 N–H and O–H groups in total. The van der Waals surface area contributed by atoms with Crippen molar-refractivity contribution >= 4 is 5.91 Å². The molecule has 202 valence electrons. The maximum Gasteiger partial charge on any atom is 0.252 e. The smallest absolute Gasteiger partial charge is 0.252 e. The maximum atomic E-state index is 11.6. The monoisotopic (exact) mass is 515 g/mol. The van der Waals surface area contributed by atoms with Crippen molar-refractivity contribution in [3.63, 3.8) is 0 Å². The minimum absolute atomic E-state index is 0.0672. The van der Waals surface area contributed by atoms with Crippen molar-refractivity contribution in [1.82, 2.24) is 9.88 Å². The van der Waals surface area contributed by atoms with Gasteiger partial charge in [-0.3, -0.25) is 14.7 Å². The molecule has 0 aliphatic carbocycles. The van der Waals surface area contributed by atoms with Gasteiger partial charge in [-0.15, -0.1) is 0 Å². The molecule has 6 heteroatoms. The van der Waals surface area contributed by atoms with Crippen LogP contribution in [0.2, 0.25) is 0 Å². The lowest BCUT2D eigenvalue weighted by molar-refractivity contribution is 0.0833. The number of ether oxygens (including phenoxy) is 1. The molecule has 0 radical (unpaired) electrons. The summed E-state index contributed by atoms with van der Waals surface area (Å²) in [5.41, 5.74) is 12.2. The number of nitrogens with two attached hydrogens (primary N) is 1. The van der Waals surface area contributed by atoms with Crippen LogP contribution >= 0.6 is 0 Å². The van der Waals surface area contributed by atoms with E-state index in [2.05, 4.69) is 64.6 Å². The number of aryl methyl sites for hydroxylation is 3. The third-order valence-electron chi connectivity index (χ3n) is 7.82. The minimum atomic E-state index is -0.679. The van der Waals surface area contributed by atoms with Crippen LogP contribution in [-0.4, -0.2) is 34.0 Å². The highest BCUT2D eigenvalue weighted by atomic mass is 16.5. The molecule has 2 aromatic carbocycles. The molecule has 4 rings (SSSR count). The highest BCUT2D eigenvalue weighted by Crippen LogP contribution is 2.41. The number of hydrogen-bond acceptors (Lipinski definition) is 5. The minimum Gasteiger partial charge on any atom is -0.507 e. The molecule has 1 fully saturated rings. The van der Waals surface area contributed by atoms with Crippen LogP contribution in [0.4, 0.5) is 0 Å². The Hall–Kier alpha value is -3.38. The van der Waals surface area contributed by atoms with Crippen molar-refractivity contribution in [3.05, 3.63) is 70.4 Å². The topological polar surface area (TPSA) is 88.7 Å². The number of amides is 1. The summed E-state index contributed by atoms with van der Waals surface area (Å²) in [6.07, 6.45) is 4.19. The van der Waals surface area contributed by atoms with E-state index in [4.69, 9.17) is 15.5 Å². The van der Waals surface area contributed by atoms with Gasteiger partial charge in [0, 0.05) is 41.5 Å². The Bertz CT molecular complexity index is 1310. The van der Waals surface area contributed by atoms with E-state index in [-0.39, 0.29) is 22.8 Å². The summed E-state index contributed by atoms with van der Waals surface area (Å²) in [7, 11) is 0. The van der Waals surface area contributed by atoms with Gasteiger partial charge in [-0.05, 0) is 74.8 Å². The molecule has 1 unspecified atom stereocenters. The fourth-order valence-electron chi connectivity index (χ4n) is 5.84. The van der Waals surface area contributed by atoms with Gasteiger partial charge in [-0.2, -0.15) is 0 Å². The number of carbonyl (C=O) groups excluding carboxylic acids is 1. The van der Waals surface area contributed by atoms with Gasteiger partial charge in [-0.1, -0.05) is 45.9 Å². The predicted octanol–water partition coefficient (Wildman–Crippen LogP) is 6.96. The first kappa shape index (κ1) is 27.6. The Morgan fingerprint density at radius 2 is 1.84 bits per heavy atom. The number of benzene rings is 2. The van der Waals surface area contributed by atoms with Crippen molar-refractivity contribution in [2.75, 3.05) is 13.1 Å². The van der Waals surface area contributed by atoms with Gasteiger partial charge >= 0.3 is 0 Å². The third kappa shape index (κ3) is 5.70. The normalized spacial score (nSPS) is 16.3. The first-order valence-electron chi connectivity index (χ1n) is 13.7. The molecule has 6 nitrogen and oxygen atoms in total. The number of rotatable bonds is 8. The molecule has 1 amide bonds. The van der Waals surface area contributed by atoms with Crippen molar-refractivity contribution in [3.8, 4) is 28.5 Å². The second-order valence-electron chi connectivity index (χ2n) is 11.2. The summed E-state index contributed by atoms with van der Waals surface area (Å²) in [4.78, 5) is 19.3. The van der Waals surface area contributed by atoms with Crippen molar-refractivity contribution in [2.24, 2.45) is 11.1 Å². The van der Waals surface area contributed by atoms with E-state index in [1.807, 2.05) is 6.07 Å². The Morgan fingerprint density at radius 3 is 2.42 bits per heavy atom. The number of pyridine rings is 1. The predicted molar refractivity (Wildman–Crippen MR) is 153 cm³/mol. The van der Waals surface area contributed by atoms with E-state index in [1.54, 1.807) is 6.07 Å². The number of phenols is 1. The number of likely N-dealkylation sites (tertiary alicyclic amines) is 1. The quantitative estimate of drug-likeness (QED) is 0.338. The SMILES string of the molecule is CCc1cccc(CC)c1-c1cc(Oc2ccc(C(N)=O)c(O)c2)c(C(C)N2CCCC(C)(C)C2)c(C)n1. The van der Waals surface area contributed by atoms with Gasteiger partial charge in [0.25, 0.3) is 5.91 Å². The van der Waals surface area contributed by atoms with E-state index in [1.165, 1.54) is 29.7 Å². The van der Waals surface area contributed by atoms with Crippen LogP contribution in [0.1, 0.15) is 86.2 Å². The van der Waals surface area contributed by atoms with Gasteiger partial charge in [0.2, 0.25) is 0 Å². The first-order chi connectivity index (χ1) is 18.0. The van der Waals surface area contributed by atoms with Crippen LogP contribution in [0, 0.1) is 12.3 Å². The summed E-state index contributed by atoms with van der Waals surface area (Å²) in [5.74, 6) is 0.276. The van der Waals surface area contributed by atoms with Crippen LogP contribution < -0.4 is 10.5 Å². The largest absolute Gasteiger partial charge is 0.507 e. The summed E-state index contributed by atoms with van der Waals surface area (Å²) in [6.45, 7) is 15.3. The second kappa shape index (κ2) is 11.2. The molecule has 0 spiro atoms.